The standard InChI is InChI=1S/C13H14N2O3.C11H10N2O2/c1-9-2-3-10-11(6-9)15(12(16)7-14-10)8-13-17-4-5-18-13;1-8-2-3-9-10(6-8)13(4-5-14)11(15)7-12-9/h2-3,6-7,13H,4-5,8H2,1H3;2-3,5-7H,4H2,1H3. The Bertz CT molecular complexity index is 1420. The molecule has 4 aromatic rings. The first-order chi connectivity index (χ1) is 16.0. The predicted molar refractivity (Wildman–Crippen MR) is 123 cm³/mol. The minimum Gasteiger partial charge on any atom is -0.348 e. The van der Waals surface area contributed by atoms with Gasteiger partial charge in [0.25, 0.3) is 11.1 Å². The second-order valence-electron chi connectivity index (χ2n) is 7.74. The van der Waals surface area contributed by atoms with Gasteiger partial charge in [-0.25, -0.2) is 9.97 Å². The molecule has 170 valence electrons. The van der Waals surface area contributed by atoms with Gasteiger partial charge in [0.15, 0.2) is 6.29 Å². The molecule has 1 saturated heterocycles. The van der Waals surface area contributed by atoms with Gasteiger partial charge in [-0.2, -0.15) is 0 Å². The Morgan fingerprint density at radius 3 is 1.94 bits per heavy atom. The van der Waals surface area contributed by atoms with Crippen LogP contribution in [0.15, 0.2) is 58.4 Å². The van der Waals surface area contributed by atoms with Crippen molar-refractivity contribution in [3.05, 3.63) is 80.6 Å². The first-order valence-corrected chi connectivity index (χ1v) is 10.6. The summed E-state index contributed by atoms with van der Waals surface area (Å²) in [4.78, 5) is 42.0. The molecule has 9 heteroatoms. The molecule has 0 radical (unpaired) electrons. The molecule has 33 heavy (non-hydrogen) atoms. The van der Waals surface area contributed by atoms with Crippen molar-refractivity contribution in [3.8, 4) is 0 Å². The molecule has 0 atom stereocenters. The van der Waals surface area contributed by atoms with Crippen LogP contribution in [-0.4, -0.2) is 44.9 Å². The van der Waals surface area contributed by atoms with Crippen LogP contribution < -0.4 is 11.1 Å². The number of hydrogen-bond acceptors (Lipinski definition) is 7. The predicted octanol–water partition coefficient (Wildman–Crippen LogP) is 1.98. The monoisotopic (exact) mass is 448 g/mol. The van der Waals surface area contributed by atoms with Gasteiger partial charge in [-0.3, -0.25) is 14.2 Å². The van der Waals surface area contributed by atoms with Gasteiger partial charge >= 0.3 is 0 Å². The third-order valence-corrected chi connectivity index (χ3v) is 5.28. The highest BCUT2D eigenvalue weighted by Gasteiger charge is 2.18. The number of fused-ring (bicyclic) bond motifs is 2. The van der Waals surface area contributed by atoms with Crippen molar-refractivity contribution >= 4 is 28.4 Å². The van der Waals surface area contributed by atoms with E-state index < -0.39 is 0 Å². The number of aromatic nitrogens is 4. The molecule has 2 aromatic carbocycles. The fourth-order valence-corrected chi connectivity index (χ4v) is 3.66. The Hall–Kier alpha value is -3.69. The van der Waals surface area contributed by atoms with Gasteiger partial charge in [-0.15, -0.1) is 0 Å². The molecule has 0 saturated carbocycles. The zero-order valence-corrected chi connectivity index (χ0v) is 18.4. The van der Waals surface area contributed by atoms with Gasteiger partial charge in [0.1, 0.15) is 6.29 Å². The first kappa shape index (κ1) is 22.5. The van der Waals surface area contributed by atoms with Crippen LogP contribution in [-0.2, 0) is 27.4 Å². The lowest BCUT2D eigenvalue weighted by Gasteiger charge is -2.13. The number of rotatable bonds is 4. The third-order valence-electron chi connectivity index (χ3n) is 5.28. The minimum absolute atomic E-state index is 0.0707. The topological polar surface area (TPSA) is 105 Å². The van der Waals surface area contributed by atoms with Gasteiger partial charge in [0, 0.05) is 0 Å². The maximum atomic E-state index is 11.9. The summed E-state index contributed by atoms with van der Waals surface area (Å²) >= 11 is 0. The molecule has 1 aliphatic heterocycles. The molecule has 0 unspecified atom stereocenters. The van der Waals surface area contributed by atoms with Crippen molar-refractivity contribution in [1.82, 2.24) is 19.1 Å². The number of aldehydes is 1. The summed E-state index contributed by atoms with van der Waals surface area (Å²) < 4.78 is 13.9. The van der Waals surface area contributed by atoms with Crippen LogP contribution in [0.3, 0.4) is 0 Å². The summed E-state index contributed by atoms with van der Waals surface area (Å²) in [5.74, 6) is 0. The van der Waals surface area contributed by atoms with Crippen LogP contribution in [0.5, 0.6) is 0 Å². The number of benzene rings is 2. The fourth-order valence-electron chi connectivity index (χ4n) is 3.66. The van der Waals surface area contributed by atoms with Crippen LogP contribution in [0.4, 0.5) is 0 Å². The van der Waals surface area contributed by atoms with Crippen molar-refractivity contribution in [2.45, 2.75) is 33.2 Å². The second-order valence-corrected chi connectivity index (χ2v) is 7.74. The summed E-state index contributed by atoms with van der Waals surface area (Å²) in [6.45, 7) is 5.57. The van der Waals surface area contributed by atoms with Crippen molar-refractivity contribution < 1.29 is 14.3 Å². The maximum Gasteiger partial charge on any atom is 0.269 e. The number of carbonyl (C=O) groups excluding carboxylic acids is 1. The molecular formula is C24H24N4O5. The van der Waals surface area contributed by atoms with Crippen molar-refractivity contribution in [2.24, 2.45) is 0 Å². The minimum atomic E-state index is -0.339. The molecule has 0 amide bonds. The Kier molecular flexibility index (Phi) is 6.71. The van der Waals surface area contributed by atoms with Gasteiger partial charge in [-0.1, -0.05) is 12.1 Å². The molecule has 9 nitrogen and oxygen atoms in total. The molecule has 5 rings (SSSR count). The number of nitrogens with zero attached hydrogens (tertiary/aromatic N) is 4. The molecule has 0 N–H and O–H groups in total. The van der Waals surface area contributed by atoms with E-state index in [0.717, 1.165) is 27.7 Å². The van der Waals surface area contributed by atoms with Crippen LogP contribution in [0.1, 0.15) is 11.1 Å². The first-order valence-electron chi connectivity index (χ1n) is 10.6. The zero-order valence-electron chi connectivity index (χ0n) is 18.4. The van der Waals surface area contributed by atoms with Crippen molar-refractivity contribution in [2.75, 3.05) is 13.2 Å². The third kappa shape index (κ3) is 5.05. The van der Waals surface area contributed by atoms with E-state index in [2.05, 4.69) is 9.97 Å². The summed E-state index contributed by atoms with van der Waals surface area (Å²) in [5.41, 5.74) is 4.80. The van der Waals surface area contributed by atoms with Gasteiger partial charge in [0.05, 0.1) is 60.8 Å². The molecule has 1 fully saturated rings. The highest BCUT2D eigenvalue weighted by atomic mass is 16.7. The van der Waals surface area contributed by atoms with E-state index in [9.17, 15) is 14.4 Å². The Morgan fingerprint density at radius 2 is 1.39 bits per heavy atom. The Morgan fingerprint density at radius 1 is 0.879 bits per heavy atom. The van der Waals surface area contributed by atoms with Gasteiger partial charge in [0.2, 0.25) is 0 Å². The quantitative estimate of drug-likeness (QED) is 0.440. The van der Waals surface area contributed by atoms with E-state index in [4.69, 9.17) is 9.47 Å². The molecule has 0 spiro atoms. The summed E-state index contributed by atoms with van der Waals surface area (Å²) in [7, 11) is 0. The maximum absolute atomic E-state index is 11.9. The summed E-state index contributed by atoms with van der Waals surface area (Å²) in [6.07, 6.45) is 2.95. The van der Waals surface area contributed by atoms with Gasteiger partial charge < -0.3 is 18.8 Å². The van der Waals surface area contributed by atoms with Crippen molar-refractivity contribution in [3.63, 3.8) is 0 Å². The van der Waals surface area contributed by atoms with E-state index >= 15 is 0 Å². The summed E-state index contributed by atoms with van der Waals surface area (Å²) in [5, 5.41) is 0. The lowest BCUT2D eigenvalue weighted by atomic mass is 10.2. The molecule has 0 bridgehead atoms. The fraction of sp³-hybridized carbons (Fsp3) is 0.292. The van der Waals surface area contributed by atoms with Crippen LogP contribution in [0.25, 0.3) is 22.1 Å². The highest BCUT2D eigenvalue weighted by Crippen LogP contribution is 2.14. The van der Waals surface area contributed by atoms with Gasteiger partial charge in [-0.05, 0) is 49.2 Å². The second kappa shape index (κ2) is 9.85. The summed E-state index contributed by atoms with van der Waals surface area (Å²) in [6, 6.07) is 11.5. The van der Waals surface area contributed by atoms with Crippen LogP contribution in [0.2, 0.25) is 0 Å². The normalized spacial score (nSPS) is 13.8. The van der Waals surface area contributed by atoms with E-state index in [1.165, 1.54) is 17.0 Å². The average molecular weight is 448 g/mol. The molecular weight excluding hydrogens is 424 g/mol. The number of carbonyl (C=O) groups is 1. The highest BCUT2D eigenvalue weighted by molar-refractivity contribution is 5.76. The molecule has 2 aromatic heterocycles. The van der Waals surface area contributed by atoms with E-state index in [0.29, 0.717) is 31.6 Å². The van der Waals surface area contributed by atoms with E-state index in [-0.39, 0.29) is 24.0 Å². The largest absolute Gasteiger partial charge is 0.348 e. The molecule has 0 aliphatic carbocycles. The zero-order chi connectivity index (χ0) is 23.4. The SMILES string of the molecule is Cc1ccc2ncc(=O)n(CC3OCCO3)c2c1.Cc1ccc2ncc(=O)n(CC=O)c2c1. The number of hydrogen-bond donors (Lipinski definition) is 0. The van der Waals surface area contributed by atoms with E-state index in [1.807, 2.05) is 50.2 Å². The number of aryl methyl sites for hydroxylation is 2. The van der Waals surface area contributed by atoms with Crippen LogP contribution >= 0.6 is 0 Å². The lowest BCUT2D eigenvalue weighted by molar-refractivity contribution is -0.108. The van der Waals surface area contributed by atoms with Crippen LogP contribution in [0, 0.1) is 13.8 Å². The molecule has 3 heterocycles. The smallest absolute Gasteiger partial charge is 0.269 e. The van der Waals surface area contributed by atoms with E-state index in [1.54, 1.807) is 4.57 Å². The Labute approximate surface area is 189 Å². The number of ether oxygens (including phenoxy) is 2. The Balaban J connectivity index is 0.000000160. The average Bonchev–Trinajstić information content (AvgIpc) is 3.32. The molecule has 1 aliphatic rings. The lowest BCUT2D eigenvalue weighted by Crippen LogP contribution is -2.27. The van der Waals surface area contributed by atoms with Crippen molar-refractivity contribution in [1.29, 1.82) is 0 Å².